The average Bonchev–Trinajstić information content (AvgIpc) is 2.39. The number of nitrogens with zero attached hydrogens (tertiary/aromatic N) is 2. The second kappa shape index (κ2) is 6.53. The number of hydrogen-bond donors (Lipinski definition) is 0. The van der Waals surface area contributed by atoms with E-state index in [1.165, 1.54) is 0 Å². The van der Waals surface area contributed by atoms with E-state index in [9.17, 15) is 0 Å². The van der Waals surface area contributed by atoms with Crippen molar-refractivity contribution in [3.63, 3.8) is 0 Å². The Morgan fingerprint density at radius 1 is 1.00 bits per heavy atom. The van der Waals surface area contributed by atoms with Crippen LogP contribution in [0.1, 0.15) is 25.8 Å². The van der Waals surface area contributed by atoms with Crippen molar-refractivity contribution < 1.29 is 4.74 Å². The van der Waals surface area contributed by atoms with Crippen LogP contribution >= 0.6 is 23.2 Å². The molecule has 0 amide bonds. The lowest BCUT2D eigenvalue weighted by atomic mass is 10.1. The fourth-order valence-corrected chi connectivity index (χ4v) is 2.69. The van der Waals surface area contributed by atoms with Gasteiger partial charge in [0.25, 0.3) is 0 Å². The van der Waals surface area contributed by atoms with E-state index >= 15 is 0 Å². The van der Waals surface area contributed by atoms with Crippen LogP contribution in [0.3, 0.4) is 0 Å². The molecule has 0 saturated heterocycles. The molecular weight excluding hydrogens is 295 g/mol. The molecule has 5 heteroatoms. The van der Waals surface area contributed by atoms with E-state index < -0.39 is 0 Å². The molecule has 3 nitrogen and oxygen atoms in total. The van der Waals surface area contributed by atoms with Gasteiger partial charge in [0.15, 0.2) is 5.82 Å². The van der Waals surface area contributed by atoms with E-state index in [2.05, 4.69) is 9.97 Å². The van der Waals surface area contributed by atoms with Gasteiger partial charge in [-0.1, -0.05) is 67.4 Å². The molecule has 2 rings (SSSR count). The van der Waals surface area contributed by atoms with Gasteiger partial charge in [-0.2, -0.15) is 0 Å². The molecule has 1 aromatic heterocycles. The van der Waals surface area contributed by atoms with Gasteiger partial charge in [0.2, 0.25) is 0 Å². The van der Waals surface area contributed by atoms with Gasteiger partial charge in [0.1, 0.15) is 16.4 Å². The minimum absolute atomic E-state index is 0.227. The second-order valence-corrected chi connectivity index (χ2v) is 5.52. The number of methoxy groups -OCH3 is 1. The van der Waals surface area contributed by atoms with Gasteiger partial charge in [0, 0.05) is 7.11 Å². The zero-order chi connectivity index (χ0) is 14.7. The summed E-state index contributed by atoms with van der Waals surface area (Å²) in [6.07, 6.45) is -0.227. The molecule has 106 valence electrons. The van der Waals surface area contributed by atoms with Gasteiger partial charge >= 0.3 is 0 Å². The summed E-state index contributed by atoms with van der Waals surface area (Å²) in [6.45, 7) is 4.06. The molecule has 0 aliphatic heterocycles. The van der Waals surface area contributed by atoms with Crippen molar-refractivity contribution in [3.05, 3.63) is 46.5 Å². The topological polar surface area (TPSA) is 35.0 Å². The number of benzene rings is 1. The Balaban J connectivity index is 2.49. The average molecular weight is 311 g/mol. The summed E-state index contributed by atoms with van der Waals surface area (Å²) < 4.78 is 5.41. The van der Waals surface area contributed by atoms with E-state index in [0.717, 1.165) is 5.56 Å². The molecule has 0 radical (unpaired) electrons. The smallest absolute Gasteiger partial charge is 0.160 e. The molecule has 0 aliphatic carbocycles. The quantitative estimate of drug-likeness (QED) is 0.761. The Hall–Kier alpha value is -1.16. The van der Waals surface area contributed by atoms with Gasteiger partial charge in [-0.05, 0) is 11.5 Å². The SMILES string of the molecule is COC(c1nc(Cl)c(-c2ccccc2)c(Cl)n1)C(C)C. The summed E-state index contributed by atoms with van der Waals surface area (Å²) in [5, 5.41) is 0.683. The first-order valence-electron chi connectivity index (χ1n) is 6.35. The molecule has 0 bridgehead atoms. The maximum Gasteiger partial charge on any atom is 0.160 e. The van der Waals surface area contributed by atoms with E-state index in [-0.39, 0.29) is 12.0 Å². The highest BCUT2D eigenvalue weighted by atomic mass is 35.5. The molecule has 1 aromatic carbocycles. The first kappa shape index (κ1) is 15.2. The van der Waals surface area contributed by atoms with E-state index in [0.29, 0.717) is 21.7 Å². The molecule has 0 fully saturated rings. The summed E-state index contributed by atoms with van der Waals surface area (Å²) in [6, 6.07) is 9.61. The standard InChI is InChI=1S/C15H16Cl2N2O/c1-9(2)12(20-3)15-18-13(16)11(14(17)19-15)10-7-5-4-6-8-10/h4-9,12H,1-3H3. The normalized spacial score (nSPS) is 12.7. The minimum atomic E-state index is -0.227. The molecule has 1 heterocycles. The summed E-state index contributed by atoms with van der Waals surface area (Å²) >= 11 is 12.6. The highest BCUT2D eigenvalue weighted by Crippen LogP contribution is 2.34. The molecule has 1 unspecified atom stereocenters. The zero-order valence-electron chi connectivity index (χ0n) is 11.6. The fourth-order valence-electron chi connectivity index (χ4n) is 2.07. The molecule has 0 N–H and O–H groups in total. The van der Waals surface area contributed by atoms with Crippen LogP contribution in [-0.4, -0.2) is 17.1 Å². The van der Waals surface area contributed by atoms with E-state index in [4.69, 9.17) is 27.9 Å². The molecular formula is C15H16Cl2N2O. The van der Waals surface area contributed by atoms with Gasteiger partial charge in [-0.25, -0.2) is 9.97 Å². The summed E-state index contributed by atoms with van der Waals surface area (Å²) in [4.78, 5) is 8.70. The number of rotatable bonds is 4. The van der Waals surface area contributed by atoms with Gasteiger partial charge in [-0.15, -0.1) is 0 Å². The predicted octanol–water partition coefficient (Wildman–Crippen LogP) is 4.79. The number of ether oxygens (including phenoxy) is 1. The van der Waals surface area contributed by atoms with Crippen LogP contribution in [0.15, 0.2) is 30.3 Å². The number of aromatic nitrogens is 2. The summed E-state index contributed by atoms with van der Waals surface area (Å²) in [7, 11) is 1.63. The monoisotopic (exact) mass is 310 g/mol. The van der Waals surface area contributed by atoms with Crippen LogP contribution in [0.25, 0.3) is 11.1 Å². The zero-order valence-corrected chi connectivity index (χ0v) is 13.1. The molecule has 1 atom stereocenters. The van der Waals surface area contributed by atoms with Crippen molar-refractivity contribution in [2.45, 2.75) is 20.0 Å². The third kappa shape index (κ3) is 3.11. The van der Waals surface area contributed by atoms with Crippen LogP contribution in [0.2, 0.25) is 10.3 Å². The summed E-state index contributed by atoms with van der Waals surface area (Å²) in [5.41, 5.74) is 1.55. The van der Waals surface area contributed by atoms with Crippen molar-refractivity contribution in [2.75, 3.05) is 7.11 Å². The van der Waals surface area contributed by atoms with Crippen LogP contribution in [0, 0.1) is 5.92 Å². The van der Waals surface area contributed by atoms with Gasteiger partial charge < -0.3 is 4.74 Å². The summed E-state index contributed by atoms with van der Waals surface area (Å²) in [5.74, 6) is 0.742. The fraction of sp³-hybridized carbons (Fsp3) is 0.333. The maximum atomic E-state index is 6.28. The lowest BCUT2D eigenvalue weighted by Crippen LogP contribution is -2.13. The Morgan fingerprint density at radius 2 is 1.55 bits per heavy atom. The Labute approximate surface area is 128 Å². The van der Waals surface area contributed by atoms with Crippen LogP contribution < -0.4 is 0 Å². The largest absolute Gasteiger partial charge is 0.373 e. The maximum absolute atomic E-state index is 6.28. The predicted molar refractivity (Wildman–Crippen MR) is 82.1 cm³/mol. The molecule has 0 saturated carbocycles. The lowest BCUT2D eigenvalue weighted by Gasteiger charge is -2.19. The van der Waals surface area contributed by atoms with E-state index in [1.54, 1.807) is 7.11 Å². The van der Waals surface area contributed by atoms with Gasteiger partial charge in [-0.3, -0.25) is 0 Å². The van der Waals surface area contributed by atoms with Crippen molar-refractivity contribution in [2.24, 2.45) is 5.92 Å². The highest BCUT2D eigenvalue weighted by Gasteiger charge is 2.22. The first-order chi connectivity index (χ1) is 9.54. The van der Waals surface area contributed by atoms with Crippen molar-refractivity contribution >= 4 is 23.2 Å². The Kier molecular flexibility index (Phi) is 4.97. The Morgan fingerprint density at radius 3 is 2.00 bits per heavy atom. The molecule has 0 aliphatic rings. The molecule has 2 aromatic rings. The third-order valence-corrected chi connectivity index (χ3v) is 3.56. The van der Waals surface area contributed by atoms with Crippen LogP contribution in [-0.2, 0) is 4.74 Å². The number of hydrogen-bond acceptors (Lipinski definition) is 3. The number of halogens is 2. The molecule has 20 heavy (non-hydrogen) atoms. The van der Waals surface area contributed by atoms with Crippen molar-refractivity contribution in [3.8, 4) is 11.1 Å². The van der Waals surface area contributed by atoms with E-state index in [1.807, 2.05) is 44.2 Å². The van der Waals surface area contributed by atoms with Crippen molar-refractivity contribution in [1.29, 1.82) is 0 Å². The van der Waals surface area contributed by atoms with Crippen molar-refractivity contribution in [1.82, 2.24) is 9.97 Å². The second-order valence-electron chi connectivity index (χ2n) is 4.80. The first-order valence-corrected chi connectivity index (χ1v) is 7.11. The van der Waals surface area contributed by atoms with Gasteiger partial charge in [0.05, 0.1) is 5.56 Å². The minimum Gasteiger partial charge on any atom is -0.373 e. The molecule has 0 spiro atoms. The Bertz CT molecular complexity index is 565. The van der Waals surface area contributed by atoms with Crippen LogP contribution in [0.5, 0.6) is 0 Å². The lowest BCUT2D eigenvalue weighted by molar-refractivity contribution is 0.0575. The van der Waals surface area contributed by atoms with Crippen LogP contribution in [0.4, 0.5) is 0 Å². The highest BCUT2D eigenvalue weighted by molar-refractivity contribution is 6.37. The third-order valence-electron chi connectivity index (χ3n) is 3.01.